The van der Waals surface area contributed by atoms with Crippen LogP contribution >= 0.6 is 12.2 Å². The van der Waals surface area contributed by atoms with E-state index in [2.05, 4.69) is 10.6 Å². The molecule has 0 aromatic heterocycles. The summed E-state index contributed by atoms with van der Waals surface area (Å²) in [6.45, 7) is 5.49. The van der Waals surface area contributed by atoms with Gasteiger partial charge in [0.2, 0.25) is 0 Å². The van der Waals surface area contributed by atoms with E-state index in [9.17, 15) is 4.79 Å². The standard InChI is InChI=1S/C15H18N2O3S/c1-8(2)19-13(18)11-12-9-6-4-5-7-10(9)20-15(11,3)17-14(21)16-12/h4-8,11-12H,1-3H3,(H2,16,17,21). The number of esters is 1. The number of hydrogen-bond donors (Lipinski definition) is 2. The van der Waals surface area contributed by atoms with Crippen LogP contribution in [-0.2, 0) is 9.53 Å². The van der Waals surface area contributed by atoms with E-state index in [0.717, 1.165) is 11.3 Å². The number of para-hydroxylation sites is 1. The minimum Gasteiger partial charge on any atom is -0.467 e. The topological polar surface area (TPSA) is 59.6 Å². The predicted octanol–water partition coefficient (Wildman–Crippen LogP) is 1.88. The number of nitrogens with one attached hydrogen (secondary N) is 2. The Morgan fingerprint density at radius 3 is 2.86 bits per heavy atom. The van der Waals surface area contributed by atoms with Gasteiger partial charge in [-0.25, -0.2) is 0 Å². The quantitative estimate of drug-likeness (QED) is 0.643. The first-order valence-electron chi connectivity index (χ1n) is 6.98. The second kappa shape index (κ2) is 4.87. The molecule has 112 valence electrons. The monoisotopic (exact) mass is 306 g/mol. The van der Waals surface area contributed by atoms with Crippen LogP contribution in [0.25, 0.3) is 0 Å². The van der Waals surface area contributed by atoms with Crippen molar-refractivity contribution < 1.29 is 14.3 Å². The van der Waals surface area contributed by atoms with E-state index in [0.29, 0.717) is 5.11 Å². The Bertz CT molecular complexity index is 604. The summed E-state index contributed by atoms with van der Waals surface area (Å²) in [4.78, 5) is 12.5. The molecule has 0 radical (unpaired) electrons. The first-order valence-corrected chi connectivity index (χ1v) is 7.38. The summed E-state index contributed by atoms with van der Waals surface area (Å²) in [5.41, 5.74) is 0.0115. The van der Waals surface area contributed by atoms with E-state index < -0.39 is 11.6 Å². The summed E-state index contributed by atoms with van der Waals surface area (Å²) in [6, 6.07) is 7.41. The fourth-order valence-electron chi connectivity index (χ4n) is 2.95. The van der Waals surface area contributed by atoms with Gasteiger partial charge in [0, 0.05) is 5.56 Å². The molecule has 2 aliphatic heterocycles. The van der Waals surface area contributed by atoms with Gasteiger partial charge in [0.25, 0.3) is 0 Å². The Labute approximate surface area is 129 Å². The molecular formula is C15H18N2O3S. The predicted molar refractivity (Wildman–Crippen MR) is 81.8 cm³/mol. The molecule has 2 bridgehead atoms. The van der Waals surface area contributed by atoms with Crippen LogP contribution in [0, 0.1) is 5.92 Å². The molecule has 21 heavy (non-hydrogen) atoms. The van der Waals surface area contributed by atoms with Gasteiger partial charge in [-0.15, -0.1) is 0 Å². The second-order valence-corrected chi connectivity index (χ2v) is 6.19. The zero-order valence-electron chi connectivity index (χ0n) is 12.2. The zero-order valence-corrected chi connectivity index (χ0v) is 13.0. The van der Waals surface area contributed by atoms with Crippen LogP contribution in [0.5, 0.6) is 5.75 Å². The number of thiocarbonyl (C=S) groups is 1. The Morgan fingerprint density at radius 2 is 2.14 bits per heavy atom. The number of hydrogen-bond acceptors (Lipinski definition) is 4. The molecule has 3 unspecified atom stereocenters. The SMILES string of the molecule is CC(C)OC(=O)C1C2NC(=S)NC1(C)Oc1ccccc12. The summed E-state index contributed by atoms with van der Waals surface area (Å²) in [5.74, 6) is -0.0582. The first kappa shape index (κ1) is 14.1. The van der Waals surface area contributed by atoms with E-state index in [1.165, 1.54) is 0 Å². The maximum absolute atomic E-state index is 12.5. The molecule has 0 spiro atoms. The molecule has 3 atom stereocenters. The van der Waals surface area contributed by atoms with E-state index >= 15 is 0 Å². The highest BCUT2D eigenvalue weighted by Gasteiger charge is 2.55. The van der Waals surface area contributed by atoms with Gasteiger partial charge in [0.05, 0.1) is 12.1 Å². The number of benzene rings is 1. The minimum atomic E-state index is -0.909. The van der Waals surface area contributed by atoms with Gasteiger partial charge < -0.3 is 20.1 Å². The van der Waals surface area contributed by atoms with E-state index in [-0.39, 0.29) is 18.1 Å². The van der Waals surface area contributed by atoms with Gasteiger partial charge in [0.15, 0.2) is 10.8 Å². The number of fused-ring (bicyclic) bond motifs is 4. The van der Waals surface area contributed by atoms with Gasteiger partial charge in [-0.3, -0.25) is 4.79 Å². The number of carbonyl (C=O) groups is 1. The molecule has 3 rings (SSSR count). The van der Waals surface area contributed by atoms with Gasteiger partial charge in [0.1, 0.15) is 11.7 Å². The van der Waals surface area contributed by atoms with Crippen LogP contribution in [0.4, 0.5) is 0 Å². The van der Waals surface area contributed by atoms with Crippen molar-refractivity contribution in [2.45, 2.75) is 38.6 Å². The van der Waals surface area contributed by atoms with Crippen LogP contribution in [0.15, 0.2) is 24.3 Å². The third-order valence-electron chi connectivity index (χ3n) is 3.76. The molecule has 2 heterocycles. The van der Waals surface area contributed by atoms with Crippen molar-refractivity contribution in [2.24, 2.45) is 5.92 Å². The van der Waals surface area contributed by atoms with Crippen molar-refractivity contribution >= 4 is 23.3 Å². The van der Waals surface area contributed by atoms with E-state index in [1.807, 2.05) is 45.0 Å². The zero-order chi connectivity index (χ0) is 15.2. The molecule has 2 N–H and O–H groups in total. The van der Waals surface area contributed by atoms with Crippen molar-refractivity contribution in [3.8, 4) is 5.75 Å². The molecular weight excluding hydrogens is 288 g/mol. The van der Waals surface area contributed by atoms with Gasteiger partial charge >= 0.3 is 5.97 Å². The van der Waals surface area contributed by atoms with Crippen molar-refractivity contribution in [1.29, 1.82) is 0 Å². The summed E-state index contributed by atoms with van der Waals surface area (Å²) in [7, 11) is 0. The molecule has 0 aliphatic carbocycles. The van der Waals surface area contributed by atoms with E-state index in [1.54, 1.807) is 0 Å². The Kier molecular flexibility index (Phi) is 3.28. The lowest BCUT2D eigenvalue weighted by molar-refractivity contribution is -0.166. The molecule has 2 aliphatic rings. The molecule has 1 fully saturated rings. The molecule has 1 aromatic rings. The minimum absolute atomic E-state index is 0.175. The summed E-state index contributed by atoms with van der Waals surface area (Å²) in [5, 5.41) is 6.72. The van der Waals surface area contributed by atoms with Crippen molar-refractivity contribution in [3.63, 3.8) is 0 Å². The lowest BCUT2D eigenvalue weighted by atomic mass is 9.80. The Hall–Kier alpha value is -1.82. The Balaban J connectivity index is 2.05. The number of ether oxygens (including phenoxy) is 2. The second-order valence-electron chi connectivity index (χ2n) is 5.79. The maximum Gasteiger partial charge on any atom is 0.317 e. The average Bonchev–Trinajstić information content (AvgIpc) is 2.35. The fourth-order valence-corrected chi connectivity index (χ4v) is 3.28. The molecule has 1 aromatic carbocycles. The van der Waals surface area contributed by atoms with Crippen LogP contribution in [0.1, 0.15) is 32.4 Å². The largest absolute Gasteiger partial charge is 0.467 e. The number of carbonyl (C=O) groups excluding carboxylic acids is 1. The van der Waals surface area contributed by atoms with Crippen molar-refractivity contribution in [3.05, 3.63) is 29.8 Å². The molecule has 1 saturated heterocycles. The van der Waals surface area contributed by atoms with Crippen LogP contribution < -0.4 is 15.4 Å². The van der Waals surface area contributed by atoms with Crippen LogP contribution in [-0.4, -0.2) is 22.9 Å². The maximum atomic E-state index is 12.5. The normalized spacial score (nSPS) is 29.8. The molecule has 5 nitrogen and oxygen atoms in total. The molecule has 6 heteroatoms. The smallest absolute Gasteiger partial charge is 0.317 e. The third-order valence-corrected chi connectivity index (χ3v) is 3.98. The van der Waals surface area contributed by atoms with Crippen molar-refractivity contribution in [2.75, 3.05) is 0 Å². The Morgan fingerprint density at radius 1 is 1.43 bits per heavy atom. The molecule has 0 saturated carbocycles. The molecule has 0 amide bonds. The third kappa shape index (κ3) is 2.33. The highest BCUT2D eigenvalue weighted by Crippen LogP contribution is 2.45. The summed E-state index contributed by atoms with van der Waals surface area (Å²) < 4.78 is 11.4. The summed E-state index contributed by atoms with van der Waals surface area (Å²) in [6.07, 6.45) is -0.175. The van der Waals surface area contributed by atoms with Crippen molar-refractivity contribution in [1.82, 2.24) is 10.6 Å². The lowest BCUT2D eigenvalue weighted by Gasteiger charge is -2.50. The van der Waals surface area contributed by atoms with Gasteiger partial charge in [-0.2, -0.15) is 0 Å². The summed E-state index contributed by atoms with van der Waals surface area (Å²) >= 11 is 5.23. The fraction of sp³-hybridized carbons (Fsp3) is 0.467. The number of rotatable bonds is 2. The van der Waals surface area contributed by atoms with Crippen LogP contribution in [0.3, 0.4) is 0 Å². The highest BCUT2D eigenvalue weighted by molar-refractivity contribution is 7.80. The van der Waals surface area contributed by atoms with E-state index in [4.69, 9.17) is 21.7 Å². The first-order chi connectivity index (χ1) is 9.90. The van der Waals surface area contributed by atoms with Gasteiger partial charge in [-0.1, -0.05) is 18.2 Å². The average molecular weight is 306 g/mol. The van der Waals surface area contributed by atoms with Gasteiger partial charge in [-0.05, 0) is 39.1 Å². The van der Waals surface area contributed by atoms with Crippen LogP contribution in [0.2, 0.25) is 0 Å². The highest BCUT2D eigenvalue weighted by atomic mass is 32.1. The lowest BCUT2D eigenvalue weighted by Crippen LogP contribution is -2.70.